The van der Waals surface area contributed by atoms with E-state index < -0.39 is 5.97 Å². The fraction of sp³-hybridized carbons (Fsp3) is 0.0625. The van der Waals surface area contributed by atoms with Crippen molar-refractivity contribution < 1.29 is 9.90 Å². The lowest BCUT2D eigenvalue weighted by Crippen LogP contribution is -2.06. The summed E-state index contributed by atoms with van der Waals surface area (Å²) in [5, 5.41) is 11.0. The minimum absolute atomic E-state index is 0.330. The van der Waals surface area contributed by atoms with Crippen molar-refractivity contribution in [3.63, 3.8) is 0 Å². The van der Waals surface area contributed by atoms with Crippen molar-refractivity contribution in [2.75, 3.05) is 0 Å². The molecular weight excluding hydrogens is 274 g/mol. The molecular formula is C16H12ClNO2. The fourth-order valence-corrected chi connectivity index (χ4v) is 2.51. The van der Waals surface area contributed by atoms with E-state index in [0.29, 0.717) is 17.1 Å². The first-order chi connectivity index (χ1) is 9.65. The summed E-state index contributed by atoms with van der Waals surface area (Å²) in [7, 11) is 0. The Morgan fingerprint density at radius 1 is 1.15 bits per heavy atom. The minimum atomic E-state index is -0.907. The molecule has 0 atom stereocenters. The highest BCUT2D eigenvalue weighted by atomic mass is 35.5. The van der Waals surface area contributed by atoms with E-state index in [-0.39, 0.29) is 0 Å². The molecule has 0 spiro atoms. The monoisotopic (exact) mass is 285 g/mol. The van der Waals surface area contributed by atoms with Gasteiger partial charge in [0.05, 0.1) is 5.56 Å². The highest BCUT2D eigenvalue weighted by Crippen LogP contribution is 2.22. The molecule has 0 unspecified atom stereocenters. The van der Waals surface area contributed by atoms with Crippen LogP contribution in [0.4, 0.5) is 0 Å². The second kappa shape index (κ2) is 5.02. The van der Waals surface area contributed by atoms with Gasteiger partial charge in [-0.05, 0) is 35.2 Å². The van der Waals surface area contributed by atoms with Crippen LogP contribution in [0.25, 0.3) is 10.9 Å². The molecule has 0 bridgehead atoms. The molecule has 0 saturated carbocycles. The first-order valence-electron chi connectivity index (χ1n) is 6.21. The number of benzene rings is 2. The van der Waals surface area contributed by atoms with Crippen molar-refractivity contribution in [2.24, 2.45) is 0 Å². The molecule has 100 valence electrons. The molecule has 3 aromatic rings. The summed E-state index contributed by atoms with van der Waals surface area (Å²) in [5.41, 5.74) is 2.10. The van der Waals surface area contributed by atoms with Gasteiger partial charge in [-0.1, -0.05) is 35.9 Å². The van der Waals surface area contributed by atoms with Crippen molar-refractivity contribution in [1.29, 1.82) is 0 Å². The van der Waals surface area contributed by atoms with Gasteiger partial charge in [-0.2, -0.15) is 0 Å². The standard InChI is InChI=1S/C16H12ClNO2/c17-13-6-5-11-7-8-18(15(11)9-13)10-12-3-1-2-4-14(12)16(19)20/h1-9H,10H2,(H,19,20). The number of hydrogen-bond donors (Lipinski definition) is 1. The van der Waals surface area contributed by atoms with E-state index in [0.717, 1.165) is 16.5 Å². The van der Waals surface area contributed by atoms with Crippen LogP contribution in [0.15, 0.2) is 54.7 Å². The van der Waals surface area contributed by atoms with Gasteiger partial charge in [0.1, 0.15) is 0 Å². The molecule has 0 aliphatic carbocycles. The number of aromatic carboxylic acids is 1. The predicted octanol–water partition coefficient (Wildman–Crippen LogP) is 4.04. The number of hydrogen-bond acceptors (Lipinski definition) is 1. The Kier molecular flexibility index (Phi) is 3.20. The van der Waals surface area contributed by atoms with Crippen LogP contribution in [-0.4, -0.2) is 15.6 Å². The quantitative estimate of drug-likeness (QED) is 0.789. The first-order valence-corrected chi connectivity index (χ1v) is 6.58. The van der Waals surface area contributed by atoms with E-state index in [1.165, 1.54) is 0 Å². The molecule has 0 aliphatic heterocycles. The average molecular weight is 286 g/mol. The molecule has 0 radical (unpaired) electrons. The molecule has 0 fully saturated rings. The molecule has 4 heteroatoms. The van der Waals surface area contributed by atoms with Crippen LogP contribution in [0.5, 0.6) is 0 Å². The largest absolute Gasteiger partial charge is 0.478 e. The smallest absolute Gasteiger partial charge is 0.336 e. The number of carboxylic acid groups (broad SMARTS) is 1. The van der Waals surface area contributed by atoms with Crippen molar-refractivity contribution in [3.05, 3.63) is 70.9 Å². The third kappa shape index (κ3) is 2.28. The first kappa shape index (κ1) is 12.8. The molecule has 3 nitrogen and oxygen atoms in total. The molecule has 1 aromatic heterocycles. The number of carbonyl (C=O) groups is 1. The molecule has 20 heavy (non-hydrogen) atoms. The Balaban J connectivity index is 2.06. The zero-order chi connectivity index (χ0) is 14.1. The summed E-state index contributed by atoms with van der Waals surface area (Å²) >= 11 is 6.02. The van der Waals surface area contributed by atoms with Crippen LogP contribution >= 0.6 is 11.6 Å². The highest BCUT2D eigenvalue weighted by molar-refractivity contribution is 6.31. The van der Waals surface area contributed by atoms with Crippen molar-refractivity contribution >= 4 is 28.5 Å². The van der Waals surface area contributed by atoms with Crippen LogP contribution in [0, 0.1) is 0 Å². The lowest BCUT2D eigenvalue weighted by Gasteiger charge is -2.09. The van der Waals surface area contributed by atoms with Crippen molar-refractivity contribution in [2.45, 2.75) is 6.54 Å². The number of fused-ring (bicyclic) bond motifs is 1. The summed E-state index contributed by atoms with van der Waals surface area (Å²) in [6.45, 7) is 0.506. The molecule has 0 amide bonds. The summed E-state index contributed by atoms with van der Waals surface area (Å²) in [6, 6.07) is 14.7. The fourth-order valence-electron chi connectivity index (χ4n) is 2.35. The van der Waals surface area contributed by atoms with Gasteiger partial charge in [0.25, 0.3) is 0 Å². The van der Waals surface area contributed by atoms with Crippen LogP contribution < -0.4 is 0 Å². The molecule has 0 saturated heterocycles. The van der Waals surface area contributed by atoms with E-state index >= 15 is 0 Å². The molecule has 2 aromatic carbocycles. The number of rotatable bonds is 3. The van der Waals surface area contributed by atoms with Gasteiger partial charge in [0.2, 0.25) is 0 Å². The maximum absolute atomic E-state index is 11.2. The van der Waals surface area contributed by atoms with E-state index in [4.69, 9.17) is 11.6 Å². The summed E-state index contributed by atoms with van der Waals surface area (Å²) in [6.07, 6.45) is 1.94. The summed E-state index contributed by atoms with van der Waals surface area (Å²) in [5.74, 6) is -0.907. The Morgan fingerprint density at radius 3 is 2.75 bits per heavy atom. The van der Waals surface area contributed by atoms with Gasteiger partial charge >= 0.3 is 5.97 Å². The Morgan fingerprint density at radius 2 is 1.95 bits per heavy atom. The molecule has 3 rings (SSSR count). The zero-order valence-electron chi connectivity index (χ0n) is 10.6. The molecule has 1 N–H and O–H groups in total. The number of nitrogens with zero attached hydrogens (tertiary/aromatic N) is 1. The van der Waals surface area contributed by atoms with Crippen molar-refractivity contribution in [3.8, 4) is 0 Å². The topological polar surface area (TPSA) is 42.2 Å². The van der Waals surface area contributed by atoms with Crippen LogP contribution in [0.1, 0.15) is 15.9 Å². The molecule has 1 heterocycles. The third-order valence-corrected chi connectivity index (χ3v) is 3.56. The van der Waals surface area contributed by atoms with Gasteiger partial charge in [-0.15, -0.1) is 0 Å². The van der Waals surface area contributed by atoms with E-state index in [1.54, 1.807) is 12.1 Å². The number of carboxylic acids is 1. The van der Waals surface area contributed by atoms with Gasteiger partial charge in [-0.25, -0.2) is 4.79 Å². The van der Waals surface area contributed by atoms with Crippen LogP contribution in [-0.2, 0) is 6.54 Å². The maximum atomic E-state index is 11.2. The number of aromatic nitrogens is 1. The van der Waals surface area contributed by atoms with E-state index in [2.05, 4.69) is 0 Å². The normalized spacial score (nSPS) is 10.8. The summed E-state index contributed by atoms with van der Waals surface area (Å²) < 4.78 is 2.00. The molecule has 0 aliphatic rings. The van der Waals surface area contributed by atoms with E-state index in [1.807, 2.05) is 47.2 Å². The van der Waals surface area contributed by atoms with Gasteiger partial charge in [-0.3, -0.25) is 0 Å². The second-order valence-corrected chi connectivity index (χ2v) is 5.05. The lowest BCUT2D eigenvalue weighted by molar-refractivity contribution is 0.0695. The Bertz CT molecular complexity index is 792. The van der Waals surface area contributed by atoms with Gasteiger partial charge in [0.15, 0.2) is 0 Å². The van der Waals surface area contributed by atoms with Crippen LogP contribution in [0.2, 0.25) is 5.02 Å². The SMILES string of the molecule is O=C(O)c1ccccc1Cn1ccc2ccc(Cl)cc21. The lowest BCUT2D eigenvalue weighted by atomic mass is 10.1. The van der Waals surface area contributed by atoms with Gasteiger partial charge in [0, 0.05) is 23.3 Å². The second-order valence-electron chi connectivity index (χ2n) is 4.61. The van der Waals surface area contributed by atoms with E-state index in [9.17, 15) is 9.90 Å². The zero-order valence-corrected chi connectivity index (χ0v) is 11.3. The van der Waals surface area contributed by atoms with Crippen LogP contribution in [0.3, 0.4) is 0 Å². The van der Waals surface area contributed by atoms with Crippen molar-refractivity contribution in [1.82, 2.24) is 4.57 Å². The van der Waals surface area contributed by atoms with Gasteiger partial charge < -0.3 is 9.67 Å². The third-order valence-electron chi connectivity index (χ3n) is 3.32. The Labute approximate surface area is 121 Å². The highest BCUT2D eigenvalue weighted by Gasteiger charge is 2.10. The predicted molar refractivity (Wildman–Crippen MR) is 79.5 cm³/mol. The summed E-state index contributed by atoms with van der Waals surface area (Å²) in [4.78, 5) is 11.2. The maximum Gasteiger partial charge on any atom is 0.336 e. The Hall–Kier alpha value is -2.26. The minimum Gasteiger partial charge on any atom is -0.478 e. The average Bonchev–Trinajstić information content (AvgIpc) is 2.82. The number of halogens is 1.